The van der Waals surface area contributed by atoms with Crippen molar-refractivity contribution < 1.29 is 9.53 Å². The topological polar surface area (TPSA) is 86.9 Å². The summed E-state index contributed by atoms with van der Waals surface area (Å²) in [5, 5.41) is 12.9. The number of nitrogens with zero attached hydrogens (tertiary/aromatic N) is 5. The highest BCUT2D eigenvalue weighted by Crippen LogP contribution is 2.28. The normalized spacial score (nSPS) is 10.9. The van der Waals surface area contributed by atoms with Gasteiger partial charge in [0.1, 0.15) is 12.1 Å². The van der Waals surface area contributed by atoms with Crippen LogP contribution < -0.4 is 10.1 Å². The Balaban J connectivity index is 1.36. The minimum Gasteiger partial charge on any atom is -0.470 e. The van der Waals surface area contributed by atoms with Gasteiger partial charge in [-0.25, -0.2) is 14.3 Å². The van der Waals surface area contributed by atoms with Gasteiger partial charge in [-0.2, -0.15) is 5.10 Å². The molecule has 32 heavy (non-hydrogen) atoms. The number of hydrogen-bond acceptors (Lipinski definition) is 5. The molecule has 4 rings (SSSR count). The van der Waals surface area contributed by atoms with Gasteiger partial charge >= 0.3 is 0 Å². The number of benzene rings is 2. The molecule has 0 fully saturated rings. The van der Waals surface area contributed by atoms with E-state index in [9.17, 15) is 4.79 Å². The first-order valence-corrected chi connectivity index (χ1v) is 10.7. The van der Waals surface area contributed by atoms with E-state index in [0.717, 1.165) is 0 Å². The first kappa shape index (κ1) is 22.4. The van der Waals surface area contributed by atoms with Crippen molar-refractivity contribution in [1.29, 1.82) is 0 Å². The standard InChI is InChI=1S/C20H14Cl4N6O2/c21-12-4-5-18(16(24)8-12)32-11-29-7-6-17(27-29)19(31)26-20-25-10-30(28-20)9-13-14(22)2-1-3-15(13)23/h1-8,10H,9,11H2,(H,26,28,31). The number of halogens is 4. The Bertz CT molecular complexity index is 1250. The maximum Gasteiger partial charge on any atom is 0.278 e. The zero-order chi connectivity index (χ0) is 22.7. The van der Waals surface area contributed by atoms with Crippen LogP contribution in [0.1, 0.15) is 16.1 Å². The molecule has 2 aromatic heterocycles. The largest absolute Gasteiger partial charge is 0.470 e. The van der Waals surface area contributed by atoms with Crippen molar-refractivity contribution in [3.63, 3.8) is 0 Å². The fourth-order valence-electron chi connectivity index (χ4n) is 2.72. The molecule has 12 heteroatoms. The van der Waals surface area contributed by atoms with Crippen molar-refractivity contribution >= 4 is 58.3 Å². The lowest BCUT2D eigenvalue weighted by Crippen LogP contribution is -2.15. The summed E-state index contributed by atoms with van der Waals surface area (Å²) in [7, 11) is 0. The lowest BCUT2D eigenvalue weighted by molar-refractivity contribution is 0.101. The fraction of sp³-hybridized carbons (Fsp3) is 0.100. The fourth-order valence-corrected chi connectivity index (χ4v) is 3.70. The third kappa shape index (κ3) is 5.34. The average molecular weight is 512 g/mol. The van der Waals surface area contributed by atoms with Crippen LogP contribution >= 0.6 is 46.4 Å². The molecular weight excluding hydrogens is 498 g/mol. The molecule has 0 aliphatic heterocycles. The van der Waals surface area contributed by atoms with Crippen LogP contribution in [0.25, 0.3) is 0 Å². The van der Waals surface area contributed by atoms with Crippen molar-refractivity contribution in [2.24, 2.45) is 0 Å². The maximum absolute atomic E-state index is 12.5. The van der Waals surface area contributed by atoms with E-state index >= 15 is 0 Å². The average Bonchev–Trinajstić information content (AvgIpc) is 3.40. The van der Waals surface area contributed by atoms with Gasteiger partial charge in [-0.1, -0.05) is 52.5 Å². The molecule has 0 unspecified atom stereocenters. The van der Waals surface area contributed by atoms with Crippen molar-refractivity contribution in [3.8, 4) is 5.75 Å². The number of carbonyl (C=O) groups excluding carboxylic acids is 1. The van der Waals surface area contributed by atoms with E-state index in [0.29, 0.717) is 37.9 Å². The molecule has 0 aliphatic rings. The van der Waals surface area contributed by atoms with Crippen molar-refractivity contribution in [2.75, 3.05) is 5.32 Å². The van der Waals surface area contributed by atoms with Gasteiger partial charge in [-0.15, -0.1) is 5.10 Å². The number of carbonyl (C=O) groups is 1. The highest BCUT2D eigenvalue weighted by Gasteiger charge is 2.14. The highest BCUT2D eigenvalue weighted by molar-refractivity contribution is 6.36. The molecule has 0 atom stereocenters. The Kier molecular flexibility index (Phi) is 6.86. The first-order chi connectivity index (χ1) is 15.4. The summed E-state index contributed by atoms with van der Waals surface area (Å²) in [5.41, 5.74) is 0.874. The highest BCUT2D eigenvalue weighted by atomic mass is 35.5. The van der Waals surface area contributed by atoms with Crippen LogP contribution in [-0.2, 0) is 13.3 Å². The van der Waals surface area contributed by atoms with Gasteiger partial charge in [0.05, 0.1) is 11.6 Å². The number of nitrogens with one attached hydrogen (secondary N) is 1. The molecule has 1 N–H and O–H groups in total. The molecule has 8 nitrogen and oxygen atoms in total. The maximum atomic E-state index is 12.5. The van der Waals surface area contributed by atoms with Crippen molar-refractivity contribution in [2.45, 2.75) is 13.3 Å². The van der Waals surface area contributed by atoms with Gasteiger partial charge in [0.25, 0.3) is 5.91 Å². The number of rotatable bonds is 7. The number of aromatic nitrogens is 5. The van der Waals surface area contributed by atoms with Crippen LogP contribution in [0.5, 0.6) is 5.75 Å². The molecule has 0 saturated heterocycles. The summed E-state index contributed by atoms with van der Waals surface area (Å²) in [6, 6.07) is 11.7. The third-order valence-corrected chi connectivity index (χ3v) is 5.50. The van der Waals surface area contributed by atoms with E-state index in [4.69, 9.17) is 51.1 Å². The van der Waals surface area contributed by atoms with E-state index in [1.165, 1.54) is 15.7 Å². The Morgan fingerprint density at radius 3 is 2.50 bits per heavy atom. The quantitative estimate of drug-likeness (QED) is 0.357. The van der Waals surface area contributed by atoms with E-state index in [-0.39, 0.29) is 18.4 Å². The predicted molar refractivity (Wildman–Crippen MR) is 123 cm³/mol. The van der Waals surface area contributed by atoms with E-state index < -0.39 is 5.91 Å². The summed E-state index contributed by atoms with van der Waals surface area (Å²) < 4.78 is 8.57. The minimum absolute atomic E-state index is 0.0557. The lowest BCUT2D eigenvalue weighted by atomic mass is 10.2. The van der Waals surface area contributed by atoms with Gasteiger partial charge in [0.2, 0.25) is 5.95 Å². The summed E-state index contributed by atoms with van der Waals surface area (Å²) >= 11 is 24.3. The molecule has 2 aromatic carbocycles. The monoisotopic (exact) mass is 510 g/mol. The summed E-state index contributed by atoms with van der Waals surface area (Å²) in [5.74, 6) is 0.102. The van der Waals surface area contributed by atoms with Gasteiger partial charge in [0, 0.05) is 26.8 Å². The van der Waals surface area contributed by atoms with Crippen LogP contribution in [0.15, 0.2) is 55.0 Å². The van der Waals surface area contributed by atoms with Crippen LogP contribution in [0.2, 0.25) is 20.1 Å². The second-order valence-corrected chi connectivity index (χ2v) is 8.17. The molecule has 164 valence electrons. The third-order valence-electron chi connectivity index (χ3n) is 4.26. The van der Waals surface area contributed by atoms with Crippen LogP contribution in [-0.4, -0.2) is 30.5 Å². The van der Waals surface area contributed by atoms with Gasteiger partial charge in [-0.05, 0) is 36.4 Å². The predicted octanol–water partition coefficient (Wildman–Crippen LogP) is 5.43. The summed E-state index contributed by atoms with van der Waals surface area (Å²) in [6.45, 7) is 0.362. The molecule has 0 radical (unpaired) electrons. The molecule has 4 aromatic rings. The van der Waals surface area contributed by atoms with Crippen LogP contribution in [0, 0.1) is 0 Å². The SMILES string of the molecule is O=C(Nc1ncn(Cc2c(Cl)cccc2Cl)n1)c1ccn(COc2ccc(Cl)cc2Cl)n1. The number of ether oxygens (including phenoxy) is 1. The molecule has 0 bridgehead atoms. The molecule has 0 aliphatic carbocycles. The molecule has 0 spiro atoms. The van der Waals surface area contributed by atoms with Crippen molar-refractivity contribution in [1.82, 2.24) is 24.5 Å². The van der Waals surface area contributed by atoms with Gasteiger partial charge < -0.3 is 4.74 Å². The molecule has 2 heterocycles. The number of hydrogen-bond donors (Lipinski definition) is 1. The Hall–Kier alpha value is -2.78. The Morgan fingerprint density at radius 2 is 1.75 bits per heavy atom. The number of anilines is 1. The zero-order valence-electron chi connectivity index (χ0n) is 16.2. The second-order valence-electron chi connectivity index (χ2n) is 6.51. The van der Waals surface area contributed by atoms with Crippen LogP contribution in [0.3, 0.4) is 0 Å². The van der Waals surface area contributed by atoms with Gasteiger partial charge in [0.15, 0.2) is 12.4 Å². The smallest absolute Gasteiger partial charge is 0.278 e. The number of amides is 1. The molecule has 0 saturated carbocycles. The minimum atomic E-state index is -0.471. The summed E-state index contributed by atoms with van der Waals surface area (Å²) in [4.78, 5) is 16.6. The van der Waals surface area contributed by atoms with Crippen molar-refractivity contribution in [3.05, 3.63) is 86.3 Å². The first-order valence-electron chi connectivity index (χ1n) is 9.14. The van der Waals surface area contributed by atoms with E-state index in [1.54, 1.807) is 48.7 Å². The lowest BCUT2D eigenvalue weighted by Gasteiger charge is -2.08. The Labute approximate surface area is 202 Å². The van der Waals surface area contributed by atoms with Gasteiger partial charge in [-0.3, -0.25) is 10.1 Å². The molecule has 1 amide bonds. The Morgan fingerprint density at radius 1 is 0.969 bits per heavy atom. The molecular formula is C20H14Cl4N6O2. The second kappa shape index (κ2) is 9.79. The zero-order valence-corrected chi connectivity index (χ0v) is 19.2. The summed E-state index contributed by atoms with van der Waals surface area (Å²) in [6.07, 6.45) is 3.07. The van der Waals surface area contributed by atoms with E-state index in [1.807, 2.05) is 0 Å². The van der Waals surface area contributed by atoms with Crippen LogP contribution in [0.4, 0.5) is 5.95 Å². The van der Waals surface area contributed by atoms with E-state index in [2.05, 4.69) is 20.5 Å².